The van der Waals surface area contributed by atoms with Gasteiger partial charge in [-0.25, -0.2) is 9.59 Å². The monoisotopic (exact) mass is 318 g/mol. The van der Waals surface area contributed by atoms with Gasteiger partial charge in [-0.2, -0.15) is 0 Å². The van der Waals surface area contributed by atoms with E-state index < -0.39 is 11.9 Å². The van der Waals surface area contributed by atoms with Crippen molar-refractivity contribution in [3.05, 3.63) is 41.7 Å². The van der Waals surface area contributed by atoms with E-state index in [1.54, 1.807) is 38.1 Å². The number of hydrogen-bond donors (Lipinski definition) is 0. The van der Waals surface area contributed by atoms with Crippen molar-refractivity contribution in [2.75, 3.05) is 20.3 Å². The van der Waals surface area contributed by atoms with Crippen LogP contribution in [-0.2, 0) is 14.3 Å². The third kappa shape index (κ3) is 3.91. The van der Waals surface area contributed by atoms with Crippen LogP contribution in [0.4, 0.5) is 0 Å². The molecule has 1 aromatic heterocycles. The molecule has 0 spiro atoms. The van der Waals surface area contributed by atoms with Crippen LogP contribution in [0.2, 0.25) is 0 Å². The number of fused-ring (bicyclic) bond motifs is 1. The Balaban J connectivity index is 2.13. The number of rotatable bonds is 6. The number of methoxy groups -OCH3 is 1. The van der Waals surface area contributed by atoms with Gasteiger partial charge in [0.25, 0.3) is 0 Å². The van der Waals surface area contributed by atoms with E-state index in [1.165, 1.54) is 13.2 Å². The maximum absolute atomic E-state index is 11.8. The molecule has 0 unspecified atom stereocenters. The van der Waals surface area contributed by atoms with Gasteiger partial charge in [-0.05, 0) is 38.1 Å². The minimum absolute atomic E-state index is 0.203. The molecule has 0 atom stereocenters. The lowest BCUT2D eigenvalue weighted by Gasteiger charge is -2.03. The summed E-state index contributed by atoms with van der Waals surface area (Å²) in [6, 6.07) is 5.15. The Morgan fingerprint density at radius 2 is 2.09 bits per heavy atom. The van der Waals surface area contributed by atoms with Crippen LogP contribution in [0.3, 0.4) is 0 Å². The second-order valence-corrected chi connectivity index (χ2v) is 4.65. The van der Waals surface area contributed by atoms with Crippen LogP contribution >= 0.6 is 0 Å². The Morgan fingerprint density at radius 3 is 2.78 bits per heavy atom. The van der Waals surface area contributed by atoms with Crippen molar-refractivity contribution in [1.82, 2.24) is 0 Å². The van der Waals surface area contributed by atoms with Crippen LogP contribution < -0.4 is 4.74 Å². The summed E-state index contributed by atoms with van der Waals surface area (Å²) in [7, 11) is 1.32. The van der Waals surface area contributed by atoms with Gasteiger partial charge in [-0.15, -0.1) is 0 Å². The Morgan fingerprint density at radius 1 is 1.30 bits per heavy atom. The van der Waals surface area contributed by atoms with E-state index in [1.807, 2.05) is 0 Å². The van der Waals surface area contributed by atoms with Crippen molar-refractivity contribution >= 4 is 22.9 Å². The first-order valence-electron chi connectivity index (χ1n) is 7.14. The molecular formula is C17H18O6. The van der Waals surface area contributed by atoms with Crippen molar-refractivity contribution < 1.29 is 28.2 Å². The molecule has 1 heterocycles. The molecule has 0 bridgehead atoms. The number of carbonyl (C=O) groups is 2. The number of benzene rings is 1. The van der Waals surface area contributed by atoms with Crippen LogP contribution in [0, 0.1) is 6.92 Å². The van der Waals surface area contributed by atoms with E-state index in [0.29, 0.717) is 34.6 Å². The SMILES string of the molecule is CCOC(=O)/C=C/COc1ccc2oc(C)c(C(=O)OC)c2c1. The van der Waals surface area contributed by atoms with E-state index in [0.717, 1.165) is 0 Å². The van der Waals surface area contributed by atoms with Crippen LogP contribution in [0.25, 0.3) is 11.0 Å². The Labute approximate surface area is 133 Å². The van der Waals surface area contributed by atoms with Crippen LogP contribution in [0.1, 0.15) is 23.0 Å². The summed E-state index contributed by atoms with van der Waals surface area (Å²) in [6.07, 6.45) is 2.87. The number of carbonyl (C=O) groups excluding carboxylic acids is 2. The Hall–Kier alpha value is -2.76. The lowest BCUT2D eigenvalue weighted by molar-refractivity contribution is -0.137. The predicted molar refractivity (Wildman–Crippen MR) is 83.6 cm³/mol. The summed E-state index contributed by atoms with van der Waals surface area (Å²) in [5, 5.41) is 0.626. The highest BCUT2D eigenvalue weighted by atomic mass is 16.5. The van der Waals surface area contributed by atoms with E-state index in [9.17, 15) is 9.59 Å². The van der Waals surface area contributed by atoms with Crippen molar-refractivity contribution in [3.63, 3.8) is 0 Å². The van der Waals surface area contributed by atoms with Gasteiger partial charge in [-0.1, -0.05) is 0 Å². The summed E-state index contributed by atoms with van der Waals surface area (Å²) in [4.78, 5) is 23.0. The number of aryl methyl sites for hydroxylation is 1. The zero-order valence-corrected chi connectivity index (χ0v) is 13.3. The van der Waals surface area contributed by atoms with Gasteiger partial charge >= 0.3 is 11.9 Å². The van der Waals surface area contributed by atoms with Gasteiger partial charge in [-0.3, -0.25) is 0 Å². The average Bonchev–Trinajstić information content (AvgIpc) is 2.86. The zero-order chi connectivity index (χ0) is 16.8. The lowest BCUT2D eigenvalue weighted by atomic mass is 10.1. The number of hydrogen-bond acceptors (Lipinski definition) is 6. The molecule has 0 fully saturated rings. The van der Waals surface area contributed by atoms with Gasteiger partial charge < -0.3 is 18.6 Å². The van der Waals surface area contributed by atoms with Gasteiger partial charge in [0.2, 0.25) is 0 Å². The Kier molecular flexibility index (Phi) is 5.41. The molecule has 0 radical (unpaired) electrons. The molecule has 0 saturated carbocycles. The van der Waals surface area contributed by atoms with Crippen molar-refractivity contribution in [2.24, 2.45) is 0 Å². The molecule has 6 nitrogen and oxygen atoms in total. The summed E-state index contributed by atoms with van der Waals surface area (Å²) in [5.41, 5.74) is 0.965. The largest absolute Gasteiger partial charge is 0.490 e. The average molecular weight is 318 g/mol. The normalized spacial score (nSPS) is 10.9. The first kappa shape index (κ1) is 16.6. The highest BCUT2D eigenvalue weighted by Gasteiger charge is 2.19. The highest BCUT2D eigenvalue weighted by Crippen LogP contribution is 2.29. The standard InChI is InChI=1S/C17H18O6/c1-4-21-15(18)6-5-9-22-12-7-8-14-13(10-12)16(11(2)23-14)17(19)20-3/h5-8,10H,4,9H2,1-3H3/b6-5+. The van der Waals surface area contributed by atoms with Crippen LogP contribution in [0.5, 0.6) is 5.75 Å². The Bertz CT molecular complexity index is 741. The quantitative estimate of drug-likeness (QED) is 0.602. The third-order valence-corrected chi connectivity index (χ3v) is 3.11. The second-order valence-electron chi connectivity index (χ2n) is 4.65. The van der Waals surface area contributed by atoms with E-state index >= 15 is 0 Å². The smallest absolute Gasteiger partial charge is 0.342 e. The molecule has 0 N–H and O–H groups in total. The van der Waals surface area contributed by atoms with Gasteiger partial charge in [0.1, 0.15) is 29.3 Å². The molecule has 0 saturated heterocycles. The maximum Gasteiger partial charge on any atom is 0.342 e. The van der Waals surface area contributed by atoms with Crippen LogP contribution in [-0.4, -0.2) is 32.3 Å². The molecule has 122 valence electrons. The molecule has 2 rings (SSSR count). The molecule has 1 aromatic carbocycles. The highest BCUT2D eigenvalue weighted by molar-refractivity contribution is 6.04. The summed E-state index contributed by atoms with van der Waals surface area (Å²) in [6.45, 7) is 3.98. The lowest BCUT2D eigenvalue weighted by Crippen LogP contribution is -2.02. The molecule has 0 aliphatic carbocycles. The summed E-state index contributed by atoms with van der Waals surface area (Å²) >= 11 is 0. The van der Waals surface area contributed by atoms with Gasteiger partial charge in [0.05, 0.1) is 13.7 Å². The minimum Gasteiger partial charge on any atom is -0.490 e. The zero-order valence-electron chi connectivity index (χ0n) is 13.3. The van der Waals surface area contributed by atoms with Gasteiger partial charge in [0, 0.05) is 11.5 Å². The van der Waals surface area contributed by atoms with E-state index in [2.05, 4.69) is 0 Å². The molecule has 23 heavy (non-hydrogen) atoms. The molecule has 2 aromatic rings. The van der Waals surface area contributed by atoms with Gasteiger partial charge in [0.15, 0.2) is 0 Å². The number of ether oxygens (including phenoxy) is 3. The molecule has 0 aliphatic rings. The first-order chi connectivity index (χ1) is 11.1. The maximum atomic E-state index is 11.8. The van der Waals surface area contributed by atoms with Crippen molar-refractivity contribution in [3.8, 4) is 5.75 Å². The van der Waals surface area contributed by atoms with Crippen LogP contribution in [0.15, 0.2) is 34.8 Å². The fraction of sp³-hybridized carbons (Fsp3) is 0.294. The number of furan rings is 1. The molecular weight excluding hydrogens is 300 g/mol. The minimum atomic E-state index is -0.458. The third-order valence-electron chi connectivity index (χ3n) is 3.11. The molecule has 0 amide bonds. The van der Waals surface area contributed by atoms with Crippen molar-refractivity contribution in [2.45, 2.75) is 13.8 Å². The topological polar surface area (TPSA) is 75.0 Å². The first-order valence-corrected chi connectivity index (χ1v) is 7.14. The van der Waals surface area contributed by atoms with E-state index in [-0.39, 0.29) is 6.61 Å². The fourth-order valence-corrected chi connectivity index (χ4v) is 2.12. The predicted octanol–water partition coefficient (Wildman–Crippen LogP) is 3.03. The fourth-order valence-electron chi connectivity index (χ4n) is 2.12. The summed E-state index contributed by atoms with van der Waals surface area (Å²) in [5.74, 6) is 0.175. The summed E-state index contributed by atoms with van der Waals surface area (Å²) < 4.78 is 20.6. The molecule has 0 aliphatic heterocycles. The number of esters is 2. The second kappa shape index (κ2) is 7.49. The van der Waals surface area contributed by atoms with Crippen molar-refractivity contribution in [1.29, 1.82) is 0 Å². The molecule has 6 heteroatoms. The van der Waals surface area contributed by atoms with E-state index in [4.69, 9.17) is 18.6 Å².